The number of hydrogen-bond acceptors (Lipinski definition) is 8. The van der Waals surface area contributed by atoms with Gasteiger partial charge in [-0.1, -0.05) is 314 Å². The summed E-state index contributed by atoms with van der Waals surface area (Å²) in [5.74, 6) is -0.826. The normalized spacial score (nSPS) is 13.7. The Labute approximate surface area is 535 Å². The maximum Gasteiger partial charge on any atom is 0.472 e. The summed E-state index contributed by atoms with van der Waals surface area (Å²) in [7, 11) is -4.40. The molecule has 0 fully saturated rings. The van der Waals surface area contributed by atoms with Crippen LogP contribution in [0, 0.1) is 0 Å². The molecule has 0 aromatic rings. The number of ether oxygens (including phenoxy) is 2. The van der Waals surface area contributed by atoms with E-state index in [1.165, 1.54) is 173 Å². The highest BCUT2D eigenvalue weighted by Crippen LogP contribution is 2.43. The van der Waals surface area contributed by atoms with Crippen molar-refractivity contribution in [2.24, 2.45) is 5.73 Å². The van der Waals surface area contributed by atoms with E-state index in [2.05, 4.69) is 148 Å². The molecule has 3 N–H and O–H groups in total. The molecule has 498 valence electrons. The van der Waals surface area contributed by atoms with Crippen LogP contribution >= 0.6 is 7.82 Å². The number of carbonyl (C=O) groups excluding carboxylic acids is 2. The van der Waals surface area contributed by atoms with Crippen LogP contribution in [0.15, 0.2) is 134 Å². The Bertz CT molecular complexity index is 1890. The van der Waals surface area contributed by atoms with Crippen molar-refractivity contribution in [1.82, 2.24) is 0 Å². The predicted molar refractivity (Wildman–Crippen MR) is 376 cm³/mol. The van der Waals surface area contributed by atoms with Gasteiger partial charge in [0.15, 0.2) is 6.10 Å². The minimum absolute atomic E-state index is 0.0490. The fourth-order valence-electron chi connectivity index (χ4n) is 9.78. The van der Waals surface area contributed by atoms with Crippen LogP contribution in [-0.2, 0) is 32.7 Å². The van der Waals surface area contributed by atoms with Gasteiger partial charge in [-0.15, -0.1) is 0 Å². The van der Waals surface area contributed by atoms with Gasteiger partial charge in [-0.3, -0.25) is 18.6 Å². The molecular weight excluding hydrogens is 1100 g/mol. The maximum absolute atomic E-state index is 12.8. The molecule has 0 aliphatic carbocycles. The van der Waals surface area contributed by atoms with Crippen LogP contribution < -0.4 is 5.73 Å². The van der Waals surface area contributed by atoms with Gasteiger partial charge in [0.2, 0.25) is 0 Å². The number of rotatable bonds is 66. The number of hydrogen-bond donors (Lipinski definition) is 2. The van der Waals surface area contributed by atoms with Crippen molar-refractivity contribution in [3.05, 3.63) is 134 Å². The molecule has 0 amide bonds. The Balaban J connectivity index is 3.90. The highest BCUT2D eigenvalue weighted by Gasteiger charge is 2.26. The number of allylic oxidation sites excluding steroid dienone is 22. The summed E-state index contributed by atoms with van der Waals surface area (Å²) in [5, 5.41) is 0. The van der Waals surface area contributed by atoms with Crippen LogP contribution in [0.1, 0.15) is 309 Å². The molecule has 0 saturated carbocycles. The molecule has 0 spiro atoms. The van der Waals surface area contributed by atoms with E-state index in [0.717, 1.165) is 103 Å². The van der Waals surface area contributed by atoms with E-state index in [-0.39, 0.29) is 38.6 Å². The van der Waals surface area contributed by atoms with Crippen LogP contribution in [0.3, 0.4) is 0 Å². The fourth-order valence-corrected chi connectivity index (χ4v) is 10.5. The molecule has 9 nitrogen and oxygen atoms in total. The molecule has 2 atom stereocenters. The van der Waals surface area contributed by atoms with Crippen molar-refractivity contribution in [3.63, 3.8) is 0 Å². The molecule has 0 aliphatic heterocycles. The van der Waals surface area contributed by atoms with E-state index in [4.69, 9.17) is 24.3 Å². The summed E-state index contributed by atoms with van der Waals surface area (Å²) in [6.07, 6.45) is 101. The molecule has 0 aromatic heterocycles. The van der Waals surface area contributed by atoms with Gasteiger partial charge in [-0.05, 0) is 116 Å². The summed E-state index contributed by atoms with van der Waals surface area (Å²) in [4.78, 5) is 35.4. The first-order valence-corrected chi connectivity index (χ1v) is 37.2. The quantitative estimate of drug-likeness (QED) is 0.0264. The van der Waals surface area contributed by atoms with Crippen molar-refractivity contribution in [2.75, 3.05) is 26.4 Å². The standard InChI is InChI=1S/C77H132NO8P/c1-3-5-7-9-11-13-15-17-19-21-23-25-27-29-30-31-32-33-34-35-36-37-38-39-40-41-42-43-44-46-48-50-52-54-56-58-60-62-64-66-68-70-77(80)86-75(74-85-87(81,82)84-72-71-78)73-83-76(79)69-67-65-63-61-59-57-55-53-51-49-47-45-28-26-24-22-20-18-16-14-12-10-8-6-4-2/h5,7,11,13,16-19,22-25,29-30,32-33,35-36,38-39,41-42,75H,3-4,6,8-10,12,14-15,20-21,26-28,31,34,37,40,43-74,78H2,1-2H3,(H,81,82)/b7-5-,13-11-,18-16-,19-17-,24-22-,25-23-,30-29-,33-32-,36-35-,39-38-,42-41-. The molecule has 0 aliphatic rings. The minimum atomic E-state index is -4.40. The van der Waals surface area contributed by atoms with Gasteiger partial charge in [0.05, 0.1) is 13.2 Å². The number of phosphoric ester groups is 1. The van der Waals surface area contributed by atoms with Gasteiger partial charge in [0.25, 0.3) is 0 Å². The summed E-state index contributed by atoms with van der Waals surface area (Å²) >= 11 is 0. The Morgan fingerprint density at radius 3 is 0.943 bits per heavy atom. The number of unbranched alkanes of at least 4 members (excludes halogenated alkanes) is 31. The molecule has 0 bridgehead atoms. The van der Waals surface area contributed by atoms with Gasteiger partial charge in [0, 0.05) is 19.4 Å². The third kappa shape index (κ3) is 71.1. The largest absolute Gasteiger partial charge is 0.472 e. The van der Waals surface area contributed by atoms with Crippen molar-refractivity contribution in [1.29, 1.82) is 0 Å². The Morgan fingerprint density at radius 2 is 0.632 bits per heavy atom. The highest BCUT2D eigenvalue weighted by atomic mass is 31.2. The lowest BCUT2D eigenvalue weighted by molar-refractivity contribution is -0.161. The van der Waals surface area contributed by atoms with Crippen molar-refractivity contribution >= 4 is 19.8 Å². The van der Waals surface area contributed by atoms with Gasteiger partial charge >= 0.3 is 19.8 Å². The van der Waals surface area contributed by atoms with E-state index in [0.29, 0.717) is 6.42 Å². The zero-order chi connectivity index (χ0) is 63.0. The van der Waals surface area contributed by atoms with Crippen molar-refractivity contribution < 1.29 is 37.6 Å². The molecule has 2 unspecified atom stereocenters. The summed E-state index contributed by atoms with van der Waals surface area (Å²) in [5.41, 5.74) is 5.40. The van der Waals surface area contributed by atoms with E-state index < -0.39 is 26.5 Å². The average molecular weight is 1230 g/mol. The third-order valence-electron chi connectivity index (χ3n) is 15.0. The van der Waals surface area contributed by atoms with Crippen LogP contribution in [0.25, 0.3) is 0 Å². The Hall–Kier alpha value is -3.85. The minimum Gasteiger partial charge on any atom is -0.462 e. The van der Waals surface area contributed by atoms with Crippen molar-refractivity contribution in [3.8, 4) is 0 Å². The summed E-state index contributed by atoms with van der Waals surface area (Å²) < 4.78 is 33.2. The third-order valence-corrected chi connectivity index (χ3v) is 16.0. The first kappa shape index (κ1) is 83.2. The van der Waals surface area contributed by atoms with Gasteiger partial charge in [-0.25, -0.2) is 4.57 Å². The second kappa shape index (κ2) is 71.2. The number of esters is 2. The highest BCUT2D eigenvalue weighted by molar-refractivity contribution is 7.47. The van der Waals surface area contributed by atoms with E-state index in [1.54, 1.807) is 0 Å². The number of carbonyl (C=O) groups is 2. The molecule has 0 heterocycles. The lowest BCUT2D eigenvalue weighted by Crippen LogP contribution is -2.29. The van der Waals surface area contributed by atoms with Gasteiger partial charge in [-0.2, -0.15) is 0 Å². The second-order valence-corrected chi connectivity index (χ2v) is 24.8. The van der Waals surface area contributed by atoms with Gasteiger partial charge in [0.1, 0.15) is 6.61 Å². The van der Waals surface area contributed by atoms with Gasteiger partial charge < -0.3 is 20.1 Å². The van der Waals surface area contributed by atoms with Crippen molar-refractivity contribution in [2.45, 2.75) is 315 Å². The van der Waals surface area contributed by atoms with Crippen LogP contribution in [-0.4, -0.2) is 49.3 Å². The lowest BCUT2D eigenvalue weighted by Gasteiger charge is -2.19. The molecule has 87 heavy (non-hydrogen) atoms. The van der Waals surface area contributed by atoms with Crippen LogP contribution in [0.5, 0.6) is 0 Å². The topological polar surface area (TPSA) is 134 Å². The summed E-state index contributed by atoms with van der Waals surface area (Å²) in [6.45, 7) is 3.64. The van der Waals surface area contributed by atoms with Crippen LogP contribution in [0.4, 0.5) is 0 Å². The maximum atomic E-state index is 12.8. The number of nitrogens with two attached hydrogens (primary N) is 1. The molecular formula is C77H132NO8P. The summed E-state index contributed by atoms with van der Waals surface area (Å²) in [6, 6.07) is 0. The molecule has 0 rings (SSSR count). The van der Waals surface area contributed by atoms with E-state index in [9.17, 15) is 19.0 Å². The second-order valence-electron chi connectivity index (χ2n) is 23.4. The molecule has 0 saturated heterocycles. The van der Waals surface area contributed by atoms with E-state index in [1.807, 2.05) is 0 Å². The zero-order valence-electron chi connectivity index (χ0n) is 56.0. The zero-order valence-corrected chi connectivity index (χ0v) is 56.9. The average Bonchev–Trinajstić information content (AvgIpc) is 3.65. The fraction of sp³-hybridized carbons (Fsp3) is 0.688. The molecule has 0 radical (unpaired) electrons. The predicted octanol–water partition coefficient (Wildman–Crippen LogP) is 23.6. The molecule has 10 heteroatoms. The van der Waals surface area contributed by atoms with E-state index >= 15 is 0 Å². The Morgan fingerprint density at radius 1 is 0.356 bits per heavy atom. The number of phosphoric acid groups is 1. The molecule has 0 aromatic carbocycles. The first-order valence-electron chi connectivity index (χ1n) is 35.7. The van der Waals surface area contributed by atoms with Crippen LogP contribution in [0.2, 0.25) is 0 Å². The lowest BCUT2D eigenvalue weighted by atomic mass is 10.0. The SMILES string of the molecule is CC/C=C\C/C=C\C/C=C\C/C=C\C/C=C\C/C=C\C/C=C\C/C=C\C/C=C\CCCCCCCCCCCCCCCC(=O)OC(COC(=O)CCCCCCCCCCCCCCC/C=C\C/C=C\CCCCCCC)COP(=O)(O)OCCN. The smallest absolute Gasteiger partial charge is 0.462 e. The first-order chi connectivity index (χ1) is 42.8. The monoisotopic (exact) mass is 1230 g/mol. The Kier molecular flexibility index (Phi) is 68.1.